The summed E-state index contributed by atoms with van der Waals surface area (Å²) in [7, 11) is 1.39. The van der Waals surface area contributed by atoms with Crippen LogP contribution in [0.1, 0.15) is 42.2 Å². The quantitative estimate of drug-likeness (QED) is 0.338. The molecular weight excluding hydrogens is 509 g/mol. The van der Waals surface area contributed by atoms with Crippen LogP contribution in [0.15, 0.2) is 18.5 Å². The predicted octanol–water partition coefficient (Wildman–Crippen LogP) is 1.94. The van der Waals surface area contributed by atoms with Crippen molar-refractivity contribution in [3.8, 4) is 22.8 Å². The second kappa shape index (κ2) is 10.8. The third kappa shape index (κ3) is 5.39. The molecule has 1 aliphatic carbocycles. The van der Waals surface area contributed by atoms with E-state index in [1.165, 1.54) is 37.4 Å². The number of carbonyl (C=O) groups excluding carboxylic acids is 2. The highest BCUT2D eigenvalue weighted by Gasteiger charge is 2.33. The monoisotopic (exact) mass is 541 g/mol. The average molecular weight is 542 g/mol. The first-order valence-electron chi connectivity index (χ1n) is 13.0. The molecule has 5 rings (SSSR count). The van der Waals surface area contributed by atoms with Crippen LogP contribution in [0.4, 0.5) is 4.39 Å². The minimum atomic E-state index is -1.16. The summed E-state index contributed by atoms with van der Waals surface area (Å²) in [6, 6.07) is 2.21. The van der Waals surface area contributed by atoms with Gasteiger partial charge in [0.25, 0.3) is 11.8 Å². The van der Waals surface area contributed by atoms with Gasteiger partial charge in [-0.1, -0.05) is 0 Å². The lowest BCUT2D eigenvalue weighted by Crippen LogP contribution is -2.56. The Bertz CT molecular complexity index is 1410. The Kier molecular flexibility index (Phi) is 7.41. The van der Waals surface area contributed by atoms with Crippen molar-refractivity contribution < 1.29 is 33.7 Å². The number of rotatable bonds is 8. The lowest BCUT2D eigenvalue weighted by atomic mass is 10.0. The van der Waals surface area contributed by atoms with E-state index in [1.54, 1.807) is 6.92 Å². The van der Waals surface area contributed by atoms with Crippen LogP contribution in [-0.2, 0) is 4.79 Å². The van der Waals surface area contributed by atoms with Crippen molar-refractivity contribution in [2.75, 3.05) is 26.8 Å². The number of methoxy groups -OCH3 is 1. The highest BCUT2D eigenvalue weighted by Crippen LogP contribution is 2.39. The zero-order valence-corrected chi connectivity index (χ0v) is 22.0. The lowest BCUT2D eigenvalue weighted by molar-refractivity contribution is -0.142. The van der Waals surface area contributed by atoms with E-state index in [2.05, 4.69) is 20.3 Å². The molecule has 0 radical (unpaired) electrons. The average Bonchev–Trinajstić information content (AvgIpc) is 3.67. The maximum Gasteiger partial charge on any atom is 0.255 e. The van der Waals surface area contributed by atoms with Gasteiger partial charge in [0.2, 0.25) is 0 Å². The number of H-pyrrole nitrogens is 1. The molecule has 2 aliphatic rings. The molecule has 0 unspecified atom stereocenters. The number of ether oxygens (including phenoxy) is 2. The molecule has 11 nitrogen and oxygen atoms in total. The van der Waals surface area contributed by atoms with Crippen LogP contribution < -0.4 is 14.8 Å². The number of aliphatic hydroxyl groups is 2. The largest absolute Gasteiger partial charge is 0.494 e. The SMILES string of the molecule is COc1cc(OCC2CC2)c(-c2ncnc3c(C(=O)N[C@H]4CCN(C(=O)[C@H](C)O)C[C@H]4O)c(C)[nH]c23)cc1F. The first kappa shape index (κ1) is 26.8. The number of halogens is 1. The summed E-state index contributed by atoms with van der Waals surface area (Å²) in [6.07, 6.45) is 1.64. The number of hydrogen-bond acceptors (Lipinski definition) is 8. The highest BCUT2D eigenvalue weighted by molar-refractivity contribution is 6.09. The Morgan fingerprint density at radius 3 is 2.69 bits per heavy atom. The number of carbonyl (C=O) groups is 2. The zero-order chi connectivity index (χ0) is 27.8. The van der Waals surface area contributed by atoms with Crippen molar-refractivity contribution in [1.29, 1.82) is 0 Å². The van der Waals surface area contributed by atoms with Gasteiger partial charge < -0.3 is 34.9 Å². The number of nitrogens with zero attached hydrogens (tertiary/aromatic N) is 3. The highest BCUT2D eigenvalue weighted by atomic mass is 19.1. The lowest BCUT2D eigenvalue weighted by Gasteiger charge is -2.36. The maximum atomic E-state index is 14.8. The molecular formula is C27H32FN5O6. The number of benzene rings is 1. The van der Waals surface area contributed by atoms with Gasteiger partial charge in [0.15, 0.2) is 11.6 Å². The fourth-order valence-corrected chi connectivity index (χ4v) is 4.90. The summed E-state index contributed by atoms with van der Waals surface area (Å²) in [5, 5.41) is 23.0. The van der Waals surface area contributed by atoms with Gasteiger partial charge in [0.1, 0.15) is 29.4 Å². The molecule has 12 heteroatoms. The normalized spacial score (nSPS) is 20.1. The Morgan fingerprint density at radius 1 is 1.26 bits per heavy atom. The van der Waals surface area contributed by atoms with E-state index in [-0.39, 0.29) is 24.4 Å². The number of aryl methyl sites for hydroxylation is 1. The maximum absolute atomic E-state index is 14.8. The van der Waals surface area contributed by atoms with Crippen molar-refractivity contribution >= 4 is 22.8 Å². The van der Waals surface area contributed by atoms with Gasteiger partial charge in [0, 0.05) is 30.4 Å². The molecule has 4 N–H and O–H groups in total. The fraction of sp³-hybridized carbons (Fsp3) is 0.481. The Morgan fingerprint density at radius 2 is 2.03 bits per heavy atom. The van der Waals surface area contributed by atoms with E-state index >= 15 is 0 Å². The number of aliphatic hydroxyl groups excluding tert-OH is 2. The first-order valence-corrected chi connectivity index (χ1v) is 13.0. The van der Waals surface area contributed by atoms with Crippen LogP contribution in [-0.4, -0.2) is 86.9 Å². The molecule has 0 spiro atoms. The summed E-state index contributed by atoms with van der Waals surface area (Å²) in [4.78, 5) is 38.8. The van der Waals surface area contributed by atoms with Gasteiger partial charge in [-0.15, -0.1) is 0 Å². The molecule has 1 aromatic carbocycles. The Labute approximate surface area is 224 Å². The summed E-state index contributed by atoms with van der Waals surface area (Å²) in [5.41, 5.74) is 2.36. The van der Waals surface area contributed by atoms with Crippen molar-refractivity contribution in [2.45, 2.75) is 51.4 Å². The molecule has 3 heterocycles. The standard InChI is InChI=1S/C27H32FN5O6/c1-13-22(26(36)32-18-6-7-33(10-19(18)35)27(37)14(2)34)24-25(31-13)23(29-12-30-24)16-8-17(28)21(38-3)9-20(16)39-11-15-4-5-15/h8-9,12,14-15,18-19,31,34-35H,4-7,10-11H2,1-3H3,(H,32,36)/t14-,18-,19+/m0/s1. The first-order chi connectivity index (χ1) is 18.7. The van der Waals surface area contributed by atoms with Crippen LogP contribution in [0, 0.1) is 18.7 Å². The fourth-order valence-electron chi connectivity index (χ4n) is 4.90. The van der Waals surface area contributed by atoms with Crippen LogP contribution in [0.3, 0.4) is 0 Å². The molecule has 0 bridgehead atoms. The van der Waals surface area contributed by atoms with E-state index in [1.807, 2.05) is 0 Å². The molecule has 3 aromatic rings. The van der Waals surface area contributed by atoms with Crippen molar-refractivity contribution in [1.82, 2.24) is 25.2 Å². The summed E-state index contributed by atoms with van der Waals surface area (Å²) < 4.78 is 26.0. The summed E-state index contributed by atoms with van der Waals surface area (Å²) >= 11 is 0. The number of aromatic nitrogens is 3. The van der Waals surface area contributed by atoms with Gasteiger partial charge in [0.05, 0.1) is 36.9 Å². The van der Waals surface area contributed by atoms with Gasteiger partial charge in [-0.25, -0.2) is 14.4 Å². The Balaban J connectivity index is 1.43. The van der Waals surface area contributed by atoms with Crippen LogP contribution in [0.5, 0.6) is 11.5 Å². The number of hydrogen-bond donors (Lipinski definition) is 4. The van der Waals surface area contributed by atoms with Crippen molar-refractivity contribution in [3.05, 3.63) is 35.5 Å². The third-order valence-electron chi connectivity index (χ3n) is 7.25. The van der Waals surface area contributed by atoms with E-state index in [9.17, 15) is 24.2 Å². The smallest absolute Gasteiger partial charge is 0.255 e. The minimum absolute atomic E-state index is 0.000528. The predicted molar refractivity (Wildman–Crippen MR) is 139 cm³/mol. The van der Waals surface area contributed by atoms with E-state index in [4.69, 9.17) is 9.47 Å². The van der Waals surface area contributed by atoms with E-state index in [0.29, 0.717) is 52.7 Å². The van der Waals surface area contributed by atoms with Crippen LogP contribution >= 0.6 is 0 Å². The second-order valence-electron chi connectivity index (χ2n) is 10.2. The second-order valence-corrected chi connectivity index (χ2v) is 10.2. The van der Waals surface area contributed by atoms with Gasteiger partial charge in [-0.05, 0) is 45.1 Å². The zero-order valence-electron chi connectivity index (χ0n) is 22.0. The number of nitrogens with one attached hydrogen (secondary N) is 2. The summed E-state index contributed by atoms with van der Waals surface area (Å²) in [6.45, 7) is 3.89. The molecule has 208 valence electrons. The van der Waals surface area contributed by atoms with Gasteiger partial charge in [-0.3, -0.25) is 9.59 Å². The van der Waals surface area contributed by atoms with E-state index < -0.39 is 35.9 Å². The molecule has 2 amide bonds. The number of amides is 2. The Hall–Kier alpha value is -3.77. The van der Waals surface area contributed by atoms with E-state index in [0.717, 1.165) is 12.8 Å². The van der Waals surface area contributed by atoms with Crippen LogP contribution in [0.25, 0.3) is 22.3 Å². The van der Waals surface area contributed by atoms with Gasteiger partial charge in [-0.2, -0.15) is 0 Å². The number of β-amino-alcohol motifs (C(OH)–C–C–N with tert-alkyl or cyclic N) is 1. The molecule has 1 aliphatic heterocycles. The topological polar surface area (TPSA) is 150 Å². The number of fused-ring (bicyclic) bond motifs is 1. The van der Waals surface area contributed by atoms with Gasteiger partial charge >= 0.3 is 0 Å². The summed E-state index contributed by atoms with van der Waals surface area (Å²) in [5.74, 6) is -0.555. The van der Waals surface area contributed by atoms with Crippen LogP contribution in [0.2, 0.25) is 0 Å². The number of aromatic amines is 1. The molecule has 2 aromatic heterocycles. The van der Waals surface area contributed by atoms with Crippen molar-refractivity contribution in [2.24, 2.45) is 5.92 Å². The minimum Gasteiger partial charge on any atom is -0.494 e. The molecule has 3 atom stereocenters. The third-order valence-corrected chi connectivity index (χ3v) is 7.25. The number of piperidine rings is 1. The molecule has 39 heavy (non-hydrogen) atoms. The van der Waals surface area contributed by atoms with Crippen molar-refractivity contribution in [3.63, 3.8) is 0 Å². The molecule has 2 fully saturated rings. The molecule has 1 saturated carbocycles. The molecule has 1 saturated heterocycles. The number of likely N-dealkylation sites (tertiary alicyclic amines) is 1.